The summed E-state index contributed by atoms with van der Waals surface area (Å²) in [4.78, 5) is 44.9. The van der Waals surface area contributed by atoms with E-state index in [2.05, 4.69) is 10.3 Å². The van der Waals surface area contributed by atoms with E-state index in [1.807, 2.05) is 60.7 Å². The third kappa shape index (κ3) is 8.72. The van der Waals surface area contributed by atoms with E-state index < -0.39 is 18.0 Å². The highest BCUT2D eigenvalue weighted by Crippen LogP contribution is 2.15. The highest BCUT2D eigenvalue weighted by Gasteiger charge is 2.25. The van der Waals surface area contributed by atoms with Crippen LogP contribution in [0, 0.1) is 0 Å². The first-order valence-corrected chi connectivity index (χ1v) is 13.1. The Bertz CT molecular complexity index is 1200. The summed E-state index contributed by atoms with van der Waals surface area (Å²) in [6.07, 6.45) is 3.14. The molecule has 2 aromatic carbocycles. The lowest BCUT2D eigenvalue weighted by Gasteiger charge is -2.23. The van der Waals surface area contributed by atoms with Gasteiger partial charge in [0.2, 0.25) is 11.8 Å². The normalized spacial score (nSPS) is 12.6. The van der Waals surface area contributed by atoms with Gasteiger partial charge in [0.1, 0.15) is 0 Å². The zero-order valence-electron chi connectivity index (χ0n) is 21.7. The van der Waals surface area contributed by atoms with Gasteiger partial charge in [0, 0.05) is 50.6 Å². The molecule has 9 heteroatoms. The maximum Gasteiger partial charge on any atom is 0.237 e. The van der Waals surface area contributed by atoms with Crippen molar-refractivity contribution in [1.82, 2.24) is 15.2 Å². The first-order chi connectivity index (χ1) is 18.4. The summed E-state index contributed by atoms with van der Waals surface area (Å²) in [5, 5.41) is 3.80. The summed E-state index contributed by atoms with van der Waals surface area (Å²) in [7, 11) is 0. The topological polar surface area (TPSA) is 157 Å². The number of hydrogen-bond donors (Lipinski definition) is 4. The van der Waals surface area contributed by atoms with Crippen molar-refractivity contribution in [2.75, 3.05) is 26.2 Å². The molecule has 0 saturated heterocycles. The van der Waals surface area contributed by atoms with Gasteiger partial charge in [-0.25, -0.2) is 0 Å². The number of nitrogens with zero attached hydrogens (tertiary/aromatic N) is 2. The first-order valence-electron chi connectivity index (χ1n) is 13.1. The van der Waals surface area contributed by atoms with Gasteiger partial charge in [-0.05, 0) is 42.5 Å². The molecule has 0 bridgehead atoms. The quantitative estimate of drug-likeness (QED) is 0.236. The fourth-order valence-electron chi connectivity index (χ4n) is 4.33. The number of carbonyl (C=O) groups is 3. The number of rotatable bonds is 15. The molecule has 202 valence electrons. The number of carbonyl (C=O) groups excluding carboxylic acids is 3. The van der Waals surface area contributed by atoms with Gasteiger partial charge in [0.15, 0.2) is 5.78 Å². The molecule has 1 heterocycles. The van der Waals surface area contributed by atoms with Crippen LogP contribution in [0.2, 0.25) is 0 Å². The number of aryl methyl sites for hydroxylation is 1. The van der Waals surface area contributed by atoms with E-state index in [0.29, 0.717) is 39.0 Å². The highest BCUT2D eigenvalue weighted by atomic mass is 16.2. The molecule has 1 aromatic heterocycles. The van der Waals surface area contributed by atoms with Crippen LogP contribution in [0.25, 0.3) is 10.9 Å². The number of nitrogens with two attached hydrogens (primary N) is 3. The van der Waals surface area contributed by atoms with Gasteiger partial charge >= 0.3 is 0 Å². The SMILES string of the molecule is NCCN(CCN)C(=O)CC[C@H](N)C(=O)N[C@H](CCc1ccccc1)C(=O)Cc1cnc2ccccc2c1. The monoisotopic (exact) mass is 518 g/mol. The molecule has 9 nitrogen and oxygen atoms in total. The van der Waals surface area contributed by atoms with Gasteiger partial charge in [-0.15, -0.1) is 0 Å². The molecule has 3 aromatic rings. The first kappa shape index (κ1) is 28.9. The van der Waals surface area contributed by atoms with Gasteiger partial charge in [-0.2, -0.15) is 0 Å². The summed E-state index contributed by atoms with van der Waals surface area (Å²) in [6.45, 7) is 1.46. The molecule has 0 aliphatic rings. The van der Waals surface area contributed by atoms with Crippen LogP contribution < -0.4 is 22.5 Å². The van der Waals surface area contributed by atoms with Crippen molar-refractivity contribution in [2.24, 2.45) is 17.2 Å². The van der Waals surface area contributed by atoms with Gasteiger partial charge in [-0.3, -0.25) is 19.4 Å². The second kappa shape index (κ2) is 14.9. The molecule has 0 unspecified atom stereocenters. The number of Topliss-reactive ketones (excluding diaryl/α,β-unsaturated/α-hetero) is 1. The van der Waals surface area contributed by atoms with Crippen molar-refractivity contribution in [3.05, 3.63) is 78.0 Å². The van der Waals surface area contributed by atoms with Crippen LogP contribution in [0.4, 0.5) is 0 Å². The zero-order chi connectivity index (χ0) is 27.3. The van der Waals surface area contributed by atoms with Gasteiger partial charge in [-0.1, -0.05) is 48.5 Å². The Balaban J connectivity index is 1.65. The second-order valence-electron chi connectivity index (χ2n) is 9.37. The number of para-hydroxylation sites is 1. The standard InChI is InChI=1S/C29H38N6O3/c30-14-16-35(17-15-31)28(37)13-11-24(32)29(38)34-26(12-10-21-6-2-1-3-7-21)27(36)19-22-18-23-8-4-5-9-25(23)33-20-22/h1-9,18,20,24,26H,10-17,19,30-32H2,(H,34,38)/t24-,26+/m0/s1. The smallest absolute Gasteiger partial charge is 0.237 e. The van der Waals surface area contributed by atoms with E-state index in [1.54, 1.807) is 11.1 Å². The summed E-state index contributed by atoms with van der Waals surface area (Å²) >= 11 is 0. The number of benzene rings is 2. The van der Waals surface area contributed by atoms with Gasteiger partial charge < -0.3 is 27.4 Å². The van der Waals surface area contributed by atoms with E-state index in [-0.39, 0.29) is 31.0 Å². The summed E-state index contributed by atoms with van der Waals surface area (Å²) in [5.74, 6) is -0.721. The lowest BCUT2D eigenvalue weighted by molar-refractivity contribution is -0.132. The predicted octanol–water partition coefficient (Wildman–Crippen LogP) is 1.32. The molecule has 3 rings (SSSR count). The minimum absolute atomic E-state index is 0.0972. The third-order valence-corrected chi connectivity index (χ3v) is 6.45. The Morgan fingerprint density at radius 2 is 1.58 bits per heavy atom. The fourth-order valence-corrected chi connectivity index (χ4v) is 4.33. The molecule has 0 aliphatic carbocycles. The van der Waals surface area contributed by atoms with Crippen molar-refractivity contribution in [3.63, 3.8) is 0 Å². The van der Waals surface area contributed by atoms with E-state index in [0.717, 1.165) is 22.0 Å². The Morgan fingerprint density at radius 1 is 0.895 bits per heavy atom. The lowest BCUT2D eigenvalue weighted by atomic mass is 9.97. The Labute approximate surface area is 223 Å². The van der Waals surface area contributed by atoms with Crippen LogP contribution in [-0.2, 0) is 27.2 Å². The van der Waals surface area contributed by atoms with Crippen molar-refractivity contribution in [1.29, 1.82) is 0 Å². The summed E-state index contributed by atoms with van der Waals surface area (Å²) < 4.78 is 0. The molecular weight excluding hydrogens is 480 g/mol. The Morgan fingerprint density at radius 3 is 2.29 bits per heavy atom. The van der Waals surface area contributed by atoms with E-state index in [1.165, 1.54) is 0 Å². The van der Waals surface area contributed by atoms with E-state index >= 15 is 0 Å². The van der Waals surface area contributed by atoms with Crippen molar-refractivity contribution >= 4 is 28.5 Å². The number of nitrogens with one attached hydrogen (secondary N) is 1. The van der Waals surface area contributed by atoms with E-state index in [4.69, 9.17) is 17.2 Å². The fraction of sp³-hybridized carbons (Fsp3) is 0.379. The molecule has 7 N–H and O–H groups in total. The maximum absolute atomic E-state index is 13.4. The van der Waals surface area contributed by atoms with Gasteiger partial charge in [0.25, 0.3) is 0 Å². The largest absolute Gasteiger partial charge is 0.345 e. The van der Waals surface area contributed by atoms with Crippen LogP contribution in [0.5, 0.6) is 0 Å². The number of ketones is 1. The lowest BCUT2D eigenvalue weighted by Crippen LogP contribution is -2.49. The number of fused-ring (bicyclic) bond motifs is 1. The van der Waals surface area contributed by atoms with Crippen molar-refractivity contribution in [2.45, 2.75) is 44.2 Å². The zero-order valence-corrected chi connectivity index (χ0v) is 21.7. The maximum atomic E-state index is 13.4. The minimum Gasteiger partial charge on any atom is -0.345 e. The molecule has 0 fully saturated rings. The number of pyridine rings is 1. The molecule has 0 saturated carbocycles. The van der Waals surface area contributed by atoms with Crippen LogP contribution >= 0.6 is 0 Å². The second-order valence-corrected chi connectivity index (χ2v) is 9.37. The molecule has 0 aliphatic heterocycles. The van der Waals surface area contributed by atoms with Crippen molar-refractivity contribution < 1.29 is 14.4 Å². The van der Waals surface area contributed by atoms with Crippen LogP contribution in [0.15, 0.2) is 66.9 Å². The average Bonchev–Trinajstić information content (AvgIpc) is 2.93. The molecule has 0 radical (unpaired) electrons. The van der Waals surface area contributed by atoms with Crippen LogP contribution in [0.3, 0.4) is 0 Å². The summed E-state index contributed by atoms with van der Waals surface area (Å²) in [5.41, 5.74) is 20.0. The predicted molar refractivity (Wildman–Crippen MR) is 149 cm³/mol. The number of hydrogen-bond acceptors (Lipinski definition) is 7. The Kier molecular flexibility index (Phi) is 11.4. The van der Waals surface area contributed by atoms with Crippen molar-refractivity contribution in [3.8, 4) is 0 Å². The summed E-state index contributed by atoms with van der Waals surface area (Å²) in [6, 6.07) is 17.8. The highest BCUT2D eigenvalue weighted by molar-refractivity contribution is 5.92. The number of aromatic nitrogens is 1. The molecule has 0 spiro atoms. The Hall–Kier alpha value is -3.66. The van der Waals surface area contributed by atoms with Crippen LogP contribution in [-0.4, -0.2) is 65.7 Å². The van der Waals surface area contributed by atoms with Gasteiger partial charge in [0.05, 0.1) is 17.6 Å². The van der Waals surface area contributed by atoms with E-state index in [9.17, 15) is 14.4 Å². The number of amides is 2. The minimum atomic E-state index is -0.925. The molecular formula is C29H38N6O3. The molecule has 38 heavy (non-hydrogen) atoms. The third-order valence-electron chi connectivity index (χ3n) is 6.45. The van der Waals surface area contributed by atoms with Crippen LogP contribution in [0.1, 0.15) is 30.4 Å². The molecule has 2 amide bonds. The molecule has 2 atom stereocenters. The average molecular weight is 519 g/mol.